The van der Waals surface area contributed by atoms with Crippen LogP contribution in [-0.4, -0.2) is 6.10 Å². The third kappa shape index (κ3) is 4.69. The molecule has 1 heteroatoms. The van der Waals surface area contributed by atoms with Gasteiger partial charge in [0, 0.05) is 0 Å². The average molecular weight is 220 g/mol. The summed E-state index contributed by atoms with van der Waals surface area (Å²) in [5, 5.41) is 0. The number of allylic oxidation sites excluding steroid dienone is 4. The van der Waals surface area contributed by atoms with Crippen molar-refractivity contribution in [3.05, 3.63) is 36.1 Å². The molecule has 0 aromatic carbocycles. The maximum atomic E-state index is 5.85. The van der Waals surface area contributed by atoms with Gasteiger partial charge in [-0.1, -0.05) is 25.7 Å². The van der Waals surface area contributed by atoms with E-state index in [-0.39, 0.29) is 0 Å². The molecule has 0 aromatic rings. The Hall–Kier alpha value is -0.980. The summed E-state index contributed by atoms with van der Waals surface area (Å²) in [4.78, 5) is 0. The van der Waals surface area contributed by atoms with Gasteiger partial charge in [-0.3, -0.25) is 0 Å². The van der Waals surface area contributed by atoms with E-state index in [1.54, 1.807) is 0 Å². The normalized spacial score (nSPS) is 27.1. The summed E-state index contributed by atoms with van der Waals surface area (Å²) in [6, 6.07) is 0. The summed E-state index contributed by atoms with van der Waals surface area (Å²) in [6.07, 6.45) is 11.4. The van der Waals surface area contributed by atoms with Gasteiger partial charge in [-0.15, -0.1) is 0 Å². The minimum Gasteiger partial charge on any atom is -0.491 e. The molecule has 0 atom stereocenters. The van der Waals surface area contributed by atoms with Crippen molar-refractivity contribution < 1.29 is 4.74 Å². The van der Waals surface area contributed by atoms with Crippen LogP contribution in [0.1, 0.15) is 46.5 Å². The van der Waals surface area contributed by atoms with E-state index in [9.17, 15) is 0 Å². The van der Waals surface area contributed by atoms with Gasteiger partial charge in [-0.2, -0.15) is 0 Å². The predicted molar refractivity (Wildman–Crippen MR) is 70.2 cm³/mol. The van der Waals surface area contributed by atoms with E-state index in [0.717, 1.165) is 11.7 Å². The molecule has 0 saturated heterocycles. The van der Waals surface area contributed by atoms with Crippen molar-refractivity contribution >= 4 is 0 Å². The summed E-state index contributed by atoms with van der Waals surface area (Å²) in [5.74, 6) is 1.67. The first kappa shape index (κ1) is 13.1. The Morgan fingerprint density at radius 1 is 1.25 bits per heavy atom. The van der Waals surface area contributed by atoms with Crippen LogP contribution in [0, 0.1) is 5.92 Å². The minimum absolute atomic E-state index is 0.387. The van der Waals surface area contributed by atoms with Gasteiger partial charge in [-0.05, 0) is 57.1 Å². The summed E-state index contributed by atoms with van der Waals surface area (Å²) in [7, 11) is 0. The van der Waals surface area contributed by atoms with E-state index in [1.165, 1.54) is 31.3 Å². The van der Waals surface area contributed by atoms with Crippen LogP contribution >= 0.6 is 0 Å². The molecule has 1 aliphatic carbocycles. The highest BCUT2D eigenvalue weighted by Crippen LogP contribution is 2.27. The summed E-state index contributed by atoms with van der Waals surface area (Å²) in [6.45, 7) is 10.4. The van der Waals surface area contributed by atoms with Gasteiger partial charge in [0.05, 0.1) is 6.10 Å². The second kappa shape index (κ2) is 6.57. The number of hydrogen-bond acceptors (Lipinski definition) is 1. The maximum Gasteiger partial charge on any atom is 0.112 e. The van der Waals surface area contributed by atoms with Crippen LogP contribution < -0.4 is 0 Å². The molecule has 0 radical (unpaired) electrons. The smallest absolute Gasteiger partial charge is 0.112 e. The van der Waals surface area contributed by atoms with E-state index in [1.807, 2.05) is 19.1 Å². The molecule has 1 saturated carbocycles. The van der Waals surface area contributed by atoms with Gasteiger partial charge in [0.1, 0.15) is 5.76 Å². The van der Waals surface area contributed by atoms with Gasteiger partial charge in [0.25, 0.3) is 0 Å². The maximum absolute atomic E-state index is 5.85. The molecule has 1 aliphatic rings. The Labute approximate surface area is 99.9 Å². The Kier molecular flexibility index (Phi) is 5.37. The lowest BCUT2D eigenvalue weighted by Crippen LogP contribution is -2.19. The number of hydrogen-bond donors (Lipinski definition) is 0. The number of ether oxygens (including phenoxy) is 1. The van der Waals surface area contributed by atoms with E-state index >= 15 is 0 Å². The SMILES string of the molecule is C=C(/C=C(C)\C=C/C)OC1CCC(C)CC1. The second-order valence-electron chi connectivity index (χ2n) is 4.85. The zero-order chi connectivity index (χ0) is 12.0. The summed E-state index contributed by atoms with van der Waals surface area (Å²) >= 11 is 0. The molecule has 0 aromatic heterocycles. The monoisotopic (exact) mass is 220 g/mol. The third-order valence-corrected chi connectivity index (χ3v) is 3.10. The lowest BCUT2D eigenvalue weighted by molar-refractivity contribution is 0.0776. The Balaban J connectivity index is 2.37. The molecule has 0 spiro atoms. The van der Waals surface area contributed by atoms with Gasteiger partial charge in [0.2, 0.25) is 0 Å². The average Bonchev–Trinajstić information content (AvgIpc) is 2.21. The first-order valence-corrected chi connectivity index (χ1v) is 6.28. The standard InChI is InChI=1S/C15H24O/c1-5-6-13(3)11-14(4)16-15-9-7-12(2)8-10-15/h5-6,11-12,15H,4,7-10H2,1-3H3/b6-5-,13-11-. The Morgan fingerprint density at radius 3 is 2.44 bits per heavy atom. The summed E-state index contributed by atoms with van der Waals surface area (Å²) in [5.41, 5.74) is 1.19. The van der Waals surface area contributed by atoms with Crippen LogP contribution in [0.2, 0.25) is 0 Å². The van der Waals surface area contributed by atoms with Crippen molar-refractivity contribution in [2.75, 3.05) is 0 Å². The van der Waals surface area contributed by atoms with Crippen molar-refractivity contribution in [3.63, 3.8) is 0 Å². The lowest BCUT2D eigenvalue weighted by Gasteiger charge is -2.27. The molecule has 90 valence electrons. The number of rotatable bonds is 4. The molecule has 0 heterocycles. The first-order valence-electron chi connectivity index (χ1n) is 6.28. The minimum atomic E-state index is 0.387. The zero-order valence-corrected chi connectivity index (χ0v) is 10.8. The first-order chi connectivity index (χ1) is 7.61. The molecule has 0 amide bonds. The Morgan fingerprint density at radius 2 is 1.88 bits per heavy atom. The lowest BCUT2D eigenvalue weighted by atomic mass is 9.89. The van der Waals surface area contributed by atoms with Crippen molar-refractivity contribution in [1.29, 1.82) is 0 Å². The van der Waals surface area contributed by atoms with Crippen molar-refractivity contribution in [3.8, 4) is 0 Å². The van der Waals surface area contributed by atoms with Crippen LogP contribution in [0.25, 0.3) is 0 Å². The van der Waals surface area contributed by atoms with E-state index < -0.39 is 0 Å². The topological polar surface area (TPSA) is 9.23 Å². The highest BCUT2D eigenvalue weighted by Gasteiger charge is 2.19. The van der Waals surface area contributed by atoms with Crippen molar-refractivity contribution in [2.45, 2.75) is 52.6 Å². The molecular formula is C15H24O. The summed E-state index contributed by atoms with van der Waals surface area (Å²) < 4.78 is 5.85. The Bertz CT molecular complexity index is 278. The fraction of sp³-hybridized carbons (Fsp3) is 0.600. The molecule has 0 unspecified atom stereocenters. The zero-order valence-electron chi connectivity index (χ0n) is 10.8. The van der Waals surface area contributed by atoms with Gasteiger partial charge < -0.3 is 4.74 Å². The largest absolute Gasteiger partial charge is 0.491 e. The fourth-order valence-electron chi connectivity index (χ4n) is 2.16. The molecule has 0 aliphatic heterocycles. The molecule has 0 bridgehead atoms. The van der Waals surface area contributed by atoms with Crippen LogP contribution in [0.5, 0.6) is 0 Å². The van der Waals surface area contributed by atoms with Crippen LogP contribution in [0.3, 0.4) is 0 Å². The van der Waals surface area contributed by atoms with Crippen molar-refractivity contribution in [1.82, 2.24) is 0 Å². The van der Waals surface area contributed by atoms with Gasteiger partial charge in [-0.25, -0.2) is 0 Å². The van der Waals surface area contributed by atoms with Crippen LogP contribution in [0.15, 0.2) is 36.1 Å². The molecule has 16 heavy (non-hydrogen) atoms. The van der Waals surface area contributed by atoms with Crippen LogP contribution in [-0.2, 0) is 4.74 Å². The van der Waals surface area contributed by atoms with E-state index in [4.69, 9.17) is 4.74 Å². The van der Waals surface area contributed by atoms with Gasteiger partial charge >= 0.3 is 0 Å². The molecular weight excluding hydrogens is 196 g/mol. The second-order valence-corrected chi connectivity index (χ2v) is 4.85. The van der Waals surface area contributed by atoms with Crippen molar-refractivity contribution in [2.24, 2.45) is 5.92 Å². The molecule has 1 rings (SSSR count). The molecule has 1 nitrogen and oxygen atoms in total. The van der Waals surface area contributed by atoms with Crippen LogP contribution in [0.4, 0.5) is 0 Å². The highest BCUT2D eigenvalue weighted by molar-refractivity contribution is 5.23. The quantitative estimate of drug-likeness (QED) is 0.496. The molecule has 0 N–H and O–H groups in total. The van der Waals surface area contributed by atoms with E-state index in [0.29, 0.717) is 6.10 Å². The predicted octanol–water partition coefficient (Wildman–Crippen LogP) is 4.62. The third-order valence-electron chi connectivity index (χ3n) is 3.10. The fourth-order valence-corrected chi connectivity index (χ4v) is 2.16. The van der Waals surface area contributed by atoms with E-state index in [2.05, 4.69) is 26.5 Å². The van der Waals surface area contributed by atoms with Gasteiger partial charge in [0.15, 0.2) is 0 Å². The highest BCUT2D eigenvalue weighted by atomic mass is 16.5. The molecule has 1 fully saturated rings.